The van der Waals surface area contributed by atoms with Gasteiger partial charge in [-0.25, -0.2) is 0 Å². The quantitative estimate of drug-likeness (QED) is 0.775. The van der Waals surface area contributed by atoms with Crippen molar-refractivity contribution in [1.82, 2.24) is 10.2 Å². The molecule has 0 aromatic carbocycles. The first-order chi connectivity index (χ1) is 7.46. The van der Waals surface area contributed by atoms with Gasteiger partial charge in [0.25, 0.3) is 0 Å². The Labute approximate surface area is 102 Å². The molecular formula is C14H30N2. The molecule has 0 aromatic rings. The Bertz CT molecular complexity index is 201. The van der Waals surface area contributed by atoms with Crippen LogP contribution in [0.1, 0.15) is 53.9 Å². The second-order valence-corrected chi connectivity index (χ2v) is 6.22. The summed E-state index contributed by atoms with van der Waals surface area (Å²) in [5.74, 6) is 0. The Balaban J connectivity index is 2.43. The van der Waals surface area contributed by atoms with Gasteiger partial charge in [-0.15, -0.1) is 0 Å². The lowest BCUT2D eigenvalue weighted by Gasteiger charge is -2.43. The van der Waals surface area contributed by atoms with E-state index in [1.165, 1.54) is 32.4 Å². The minimum Gasteiger partial charge on any atom is -0.313 e. The molecule has 16 heavy (non-hydrogen) atoms. The van der Waals surface area contributed by atoms with Crippen molar-refractivity contribution in [2.75, 3.05) is 19.6 Å². The minimum atomic E-state index is 0.511. The molecule has 2 heteroatoms. The lowest BCUT2D eigenvalue weighted by atomic mass is 9.83. The summed E-state index contributed by atoms with van der Waals surface area (Å²) in [6.45, 7) is 15.4. The summed E-state index contributed by atoms with van der Waals surface area (Å²) in [5, 5.41) is 3.62. The van der Waals surface area contributed by atoms with E-state index in [-0.39, 0.29) is 0 Å². The molecule has 0 amide bonds. The summed E-state index contributed by atoms with van der Waals surface area (Å²) >= 11 is 0. The summed E-state index contributed by atoms with van der Waals surface area (Å²) in [4.78, 5) is 2.66. The van der Waals surface area contributed by atoms with Crippen molar-refractivity contribution < 1.29 is 0 Å². The van der Waals surface area contributed by atoms with Gasteiger partial charge >= 0.3 is 0 Å². The SMILES string of the molecule is CCCNC(C)C(C)N1CCCC(C)(C)C1. The molecule has 0 saturated carbocycles. The number of piperidine rings is 1. The second kappa shape index (κ2) is 6.02. The first-order valence-electron chi connectivity index (χ1n) is 6.94. The Morgan fingerprint density at radius 3 is 2.56 bits per heavy atom. The molecule has 2 atom stereocenters. The van der Waals surface area contributed by atoms with Crippen molar-refractivity contribution in [3.05, 3.63) is 0 Å². The van der Waals surface area contributed by atoms with Crippen LogP contribution in [-0.2, 0) is 0 Å². The molecule has 2 unspecified atom stereocenters. The Morgan fingerprint density at radius 1 is 1.31 bits per heavy atom. The summed E-state index contributed by atoms with van der Waals surface area (Å²) < 4.78 is 0. The van der Waals surface area contributed by atoms with Crippen LogP contribution in [0.15, 0.2) is 0 Å². The molecule has 1 aliphatic rings. The molecule has 96 valence electrons. The summed E-state index contributed by atoms with van der Waals surface area (Å²) in [5.41, 5.74) is 0.511. The maximum absolute atomic E-state index is 3.62. The first-order valence-corrected chi connectivity index (χ1v) is 6.94. The molecule has 1 saturated heterocycles. The molecule has 2 nitrogen and oxygen atoms in total. The highest BCUT2D eigenvalue weighted by molar-refractivity contribution is 4.86. The van der Waals surface area contributed by atoms with Crippen molar-refractivity contribution in [1.29, 1.82) is 0 Å². The van der Waals surface area contributed by atoms with Crippen LogP contribution in [-0.4, -0.2) is 36.6 Å². The average Bonchev–Trinajstić information content (AvgIpc) is 2.23. The van der Waals surface area contributed by atoms with E-state index in [0.29, 0.717) is 17.5 Å². The van der Waals surface area contributed by atoms with E-state index >= 15 is 0 Å². The summed E-state index contributed by atoms with van der Waals surface area (Å²) in [6, 6.07) is 1.26. The zero-order chi connectivity index (χ0) is 12.2. The molecule has 0 aliphatic carbocycles. The monoisotopic (exact) mass is 226 g/mol. The third-order valence-corrected chi connectivity index (χ3v) is 3.95. The van der Waals surface area contributed by atoms with Crippen molar-refractivity contribution in [3.63, 3.8) is 0 Å². The maximum Gasteiger partial charge on any atom is 0.0218 e. The predicted molar refractivity (Wildman–Crippen MR) is 71.8 cm³/mol. The van der Waals surface area contributed by atoms with Gasteiger partial charge in [-0.2, -0.15) is 0 Å². The Morgan fingerprint density at radius 2 is 2.00 bits per heavy atom. The standard InChI is InChI=1S/C14H30N2/c1-6-9-15-12(2)13(3)16-10-7-8-14(4,5)11-16/h12-13,15H,6-11H2,1-5H3. The van der Waals surface area contributed by atoms with Crippen molar-refractivity contribution in [2.24, 2.45) is 5.41 Å². The van der Waals surface area contributed by atoms with E-state index in [1.54, 1.807) is 0 Å². The van der Waals surface area contributed by atoms with Crippen molar-refractivity contribution >= 4 is 0 Å². The highest BCUT2D eigenvalue weighted by atomic mass is 15.2. The van der Waals surface area contributed by atoms with Gasteiger partial charge < -0.3 is 5.32 Å². The van der Waals surface area contributed by atoms with Gasteiger partial charge in [0.2, 0.25) is 0 Å². The van der Waals surface area contributed by atoms with Crippen molar-refractivity contribution in [3.8, 4) is 0 Å². The fourth-order valence-electron chi connectivity index (χ4n) is 2.68. The molecule has 1 aliphatic heterocycles. The van der Waals surface area contributed by atoms with Crippen LogP contribution in [0.3, 0.4) is 0 Å². The molecule has 1 rings (SSSR count). The number of likely N-dealkylation sites (tertiary alicyclic amines) is 1. The first kappa shape index (κ1) is 14.0. The summed E-state index contributed by atoms with van der Waals surface area (Å²) in [6.07, 6.45) is 3.97. The van der Waals surface area contributed by atoms with Crippen LogP contribution in [0, 0.1) is 5.41 Å². The van der Waals surface area contributed by atoms with Crippen LogP contribution in [0.4, 0.5) is 0 Å². The largest absolute Gasteiger partial charge is 0.313 e. The number of hydrogen-bond acceptors (Lipinski definition) is 2. The smallest absolute Gasteiger partial charge is 0.0218 e. The molecule has 0 spiro atoms. The van der Waals surface area contributed by atoms with E-state index in [0.717, 1.165) is 6.54 Å². The molecule has 1 heterocycles. The van der Waals surface area contributed by atoms with Gasteiger partial charge in [0.05, 0.1) is 0 Å². The van der Waals surface area contributed by atoms with Gasteiger partial charge in [0, 0.05) is 18.6 Å². The van der Waals surface area contributed by atoms with Gasteiger partial charge in [-0.1, -0.05) is 20.8 Å². The van der Waals surface area contributed by atoms with Crippen LogP contribution < -0.4 is 5.32 Å². The number of rotatable bonds is 5. The number of nitrogens with one attached hydrogen (secondary N) is 1. The normalized spacial score (nSPS) is 25.3. The number of nitrogens with zero attached hydrogens (tertiary/aromatic N) is 1. The predicted octanol–water partition coefficient (Wildman–Crippen LogP) is 2.89. The van der Waals surface area contributed by atoms with Gasteiger partial charge in [-0.3, -0.25) is 4.90 Å². The Hall–Kier alpha value is -0.0800. The molecule has 0 bridgehead atoms. The highest BCUT2D eigenvalue weighted by Crippen LogP contribution is 2.29. The van der Waals surface area contributed by atoms with E-state index in [2.05, 4.69) is 44.8 Å². The summed E-state index contributed by atoms with van der Waals surface area (Å²) in [7, 11) is 0. The van der Waals surface area contributed by atoms with E-state index in [4.69, 9.17) is 0 Å². The van der Waals surface area contributed by atoms with Crippen LogP contribution in [0.2, 0.25) is 0 Å². The van der Waals surface area contributed by atoms with Crippen LogP contribution >= 0.6 is 0 Å². The zero-order valence-electron chi connectivity index (χ0n) is 11.8. The highest BCUT2D eigenvalue weighted by Gasteiger charge is 2.30. The third kappa shape index (κ3) is 4.06. The average molecular weight is 226 g/mol. The lowest BCUT2D eigenvalue weighted by molar-refractivity contribution is 0.0710. The molecule has 0 aromatic heterocycles. The fraction of sp³-hybridized carbons (Fsp3) is 1.00. The van der Waals surface area contributed by atoms with Crippen molar-refractivity contribution in [2.45, 2.75) is 66.0 Å². The lowest BCUT2D eigenvalue weighted by Crippen LogP contribution is -2.52. The fourth-order valence-corrected chi connectivity index (χ4v) is 2.68. The third-order valence-electron chi connectivity index (χ3n) is 3.95. The topological polar surface area (TPSA) is 15.3 Å². The van der Waals surface area contributed by atoms with E-state index in [1.807, 2.05) is 0 Å². The number of hydrogen-bond donors (Lipinski definition) is 1. The maximum atomic E-state index is 3.62. The van der Waals surface area contributed by atoms with Crippen LogP contribution in [0.5, 0.6) is 0 Å². The molecular weight excluding hydrogens is 196 g/mol. The van der Waals surface area contributed by atoms with Crippen LogP contribution in [0.25, 0.3) is 0 Å². The van der Waals surface area contributed by atoms with Gasteiger partial charge in [0.15, 0.2) is 0 Å². The van der Waals surface area contributed by atoms with Gasteiger partial charge in [0.1, 0.15) is 0 Å². The van der Waals surface area contributed by atoms with Gasteiger partial charge in [-0.05, 0) is 51.6 Å². The zero-order valence-corrected chi connectivity index (χ0v) is 11.8. The second-order valence-electron chi connectivity index (χ2n) is 6.22. The molecule has 1 fully saturated rings. The Kier molecular flexibility index (Phi) is 5.26. The van der Waals surface area contributed by atoms with E-state index in [9.17, 15) is 0 Å². The molecule has 1 N–H and O–H groups in total. The minimum absolute atomic E-state index is 0.511. The molecule has 0 radical (unpaired) electrons. The van der Waals surface area contributed by atoms with E-state index < -0.39 is 0 Å².